The first kappa shape index (κ1) is 6.96. The molecule has 2 rings (SSSR count). The molecule has 1 saturated heterocycles. The first-order chi connectivity index (χ1) is 5.47. The summed E-state index contributed by atoms with van der Waals surface area (Å²) in [6.07, 6.45) is 7.08. The van der Waals surface area contributed by atoms with Crippen LogP contribution in [-0.2, 0) is 0 Å². The first-order valence-electron chi connectivity index (χ1n) is 4.42. The van der Waals surface area contributed by atoms with E-state index in [-0.39, 0.29) is 0 Å². The van der Waals surface area contributed by atoms with Crippen molar-refractivity contribution in [1.82, 2.24) is 10.4 Å². The lowest BCUT2D eigenvalue weighted by atomic mass is 10.2. The van der Waals surface area contributed by atoms with Crippen molar-refractivity contribution in [1.29, 1.82) is 0 Å². The predicted octanol–water partition coefficient (Wildman–Crippen LogP) is 1.42. The zero-order chi connectivity index (χ0) is 7.52. The van der Waals surface area contributed by atoms with Gasteiger partial charge in [0.1, 0.15) is 0 Å². The standard InChI is InChI=1S/C9H14N2/c1-3-7-10-11-8-4-2-6-9(11)5-1/h2,10H,1,3-5,7-8H2. The van der Waals surface area contributed by atoms with Crippen molar-refractivity contribution in [3.05, 3.63) is 17.5 Å². The Hall–Kier alpha value is -0.720. The molecule has 0 amide bonds. The molecule has 0 aliphatic carbocycles. The normalized spacial score (nSPS) is 24.0. The molecule has 11 heavy (non-hydrogen) atoms. The Kier molecular flexibility index (Phi) is 1.97. The largest absolute Gasteiger partial charge is 0.304 e. The highest BCUT2D eigenvalue weighted by atomic mass is 15.5. The average molecular weight is 150 g/mol. The van der Waals surface area contributed by atoms with Crippen LogP contribution >= 0.6 is 0 Å². The zero-order valence-electron chi connectivity index (χ0n) is 6.77. The SMILES string of the molecule is C1=CCCN2NCCCCC=12. The fraction of sp³-hybridized carbons (Fsp3) is 0.667. The Morgan fingerprint density at radius 2 is 2.45 bits per heavy atom. The fourth-order valence-electron chi connectivity index (χ4n) is 1.61. The molecule has 0 aromatic carbocycles. The topological polar surface area (TPSA) is 15.3 Å². The van der Waals surface area contributed by atoms with Crippen molar-refractivity contribution in [2.24, 2.45) is 0 Å². The molecule has 0 saturated carbocycles. The van der Waals surface area contributed by atoms with Crippen molar-refractivity contribution in [3.8, 4) is 0 Å². The number of fused-ring (bicyclic) bond motifs is 1. The van der Waals surface area contributed by atoms with Gasteiger partial charge < -0.3 is 5.01 Å². The Labute approximate surface area is 67.5 Å². The van der Waals surface area contributed by atoms with Crippen LogP contribution in [0.2, 0.25) is 0 Å². The van der Waals surface area contributed by atoms with E-state index in [1.54, 1.807) is 0 Å². The van der Waals surface area contributed by atoms with Crippen LogP contribution in [0.5, 0.6) is 0 Å². The minimum Gasteiger partial charge on any atom is -0.304 e. The Balaban J connectivity index is 2.16. The molecule has 0 spiro atoms. The summed E-state index contributed by atoms with van der Waals surface area (Å²) >= 11 is 0. The van der Waals surface area contributed by atoms with Crippen LogP contribution < -0.4 is 5.43 Å². The second-order valence-electron chi connectivity index (χ2n) is 3.10. The third-order valence-corrected chi connectivity index (χ3v) is 2.23. The number of nitrogens with one attached hydrogen (secondary N) is 1. The summed E-state index contributed by atoms with van der Waals surface area (Å²) in [4.78, 5) is 0. The van der Waals surface area contributed by atoms with Crippen molar-refractivity contribution in [3.63, 3.8) is 0 Å². The van der Waals surface area contributed by atoms with Crippen LogP contribution in [-0.4, -0.2) is 18.1 Å². The van der Waals surface area contributed by atoms with Crippen LogP contribution in [0, 0.1) is 0 Å². The molecule has 2 heterocycles. The van der Waals surface area contributed by atoms with E-state index in [0.717, 1.165) is 19.5 Å². The second kappa shape index (κ2) is 3.12. The van der Waals surface area contributed by atoms with Crippen LogP contribution in [0.3, 0.4) is 0 Å². The maximum Gasteiger partial charge on any atom is 0.0707 e. The summed E-state index contributed by atoms with van der Waals surface area (Å²) < 4.78 is 0. The van der Waals surface area contributed by atoms with Crippen LogP contribution in [0.25, 0.3) is 0 Å². The molecule has 0 unspecified atom stereocenters. The van der Waals surface area contributed by atoms with Gasteiger partial charge in [0.2, 0.25) is 0 Å². The van der Waals surface area contributed by atoms with E-state index in [4.69, 9.17) is 0 Å². The minimum atomic E-state index is 1.13. The van der Waals surface area contributed by atoms with Gasteiger partial charge in [-0.1, -0.05) is 0 Å². The van der Waals surface area contributed by atoms with E-state index >= 15 is 0 Å². The molecule has 1 N–H and O–H groups in total. The second-order valence-corrected chi connectivity index (χ2v) is 3.10. The van der Waals surface area contributed by atoms with Crippen LogP contribution in [0.15, 0.2) is 17.5 Å². The highest BCUT2D eigenvalue weighted by Crippen LogP contribution is 2.16. The van der Waals surface area contributed by atoms with Crippen molar-refractivity contribution >= 4 is 0 Å². The molecular formula is C9H14N2. The lowest BCUT2D eigenvalue weighted by molar-refractivity contribution is 0.252. The molecule has 0 bridgehead atoms. The fourth-order valence-corrected chi connectivity index (χ4v) is 1.61. The summed E-state index contributed by atoms with van der Waals surface area (Å²) in [5.41, 5.74) is 8.07. The number of nitrogens with zero attached hydrogens (tertiary/aromatic N) is 1. The average Bonchev–Trinajstić information content (AvgIpc) is 2.28. The van der Waals surface area contributed by atoms with Gasteiger partial charge in [0, 0.05) is 13.1 Å². The Morgan fingerprint density at radius 3 is 3.45 bits per heavy atom. The maximum absolute atomic E-state index is 3.40. The van der Waals surface area contributed by atoms with Gasteiger partial charge >= 0.3 is 0 Å². The van der Waals surface area contributed by atoms with Gasteiger partial charge in [-0.2, -0.15) is 0 Å². The number of rotatable bonds is 0. The molecule has 1 fully saturated rings. The van der Waals surface area contributed by atoms with Crippen molar-refractivity contribution in [2.45, 2.75) is 25.7 Å². The first-order valence-corrected chi connectivity index (χ1v) is 4.42. The third-order valence-electron chi connectivity index (χ3n) is 2.23. The molecule has 2 aliphatic heterocycles. The van der Waals surface area contributed by atoms with Gasteiger partial charge in [-0.05, 0) is 31.8 Å². The molecule has 2 aliphatic rings. The highest BCUT2D eigenvalue weighted by Gasteiger charge is 2.13. The molecule has 2 nitrogen and oxygen atoms in total. The molecule has 0 aromatic heterocycles. The summed E-state index contributed by atoms with van der Waals surface area (Å²) in [7, 11) is 0. The third kappa shape index (κ3) is 1.47. The van der Waals surface area contributed by atoms with Gasteiger partial charge in [-0.3, -0.25) is 0 Å². The number of hydrogen-bond donors (Lipinski definition) is 1. The summed E-state index contributed by atoms with van der Waals surface area (Å²) in [5.74, 6) is 0. The molecule has 0 atom stereocenters. The summed E-state index contributed by atoms with van der Waals surface area (Å²) in [5, 5.41) is 2.26. The zero-order valence-corrected chi connectivity index (χ0v) is 6.77. The maximum atomic E-state index is 3.40. The number of hydrogen-bond acceptors (Lipinski definition) is 2. The summed E-state index contributed by atoms with van der Waals surface area (Å²) in [6, 6.07) is 0. The van der Waals surface area contributed by atoms with Gasteiger partial charge in [0.05, 0.1) is 5.70 Å². The minimum absolute atomic E-state index is 1.13. The van der Waals surface area contributed by atoms with Crippen molar-refractivity contribution in [2.75, 3.05) is 13.1 Å². The smallest absolute Gasteiger partial charge is 0.0707 e. The molecule has 0 radical (unpaired) electrons. The molecule has 60 valence electrons. The highest BCUT2D eigenvalue weighted by molar-refractivity contribution is 5.05. The lowest BCUT2D eigenvalue weighted by Gasteiger charge is -2.25. The monoisotopic (exact) mass is 150 g/mol. The van der Waals surface area contributed by atoms with Crippen molar-refractivity contribution < 1.29 is 0 Å². The Bertz CT molecular complexity index is 202. The van der Waals surface area contributed by atoms with E-state index < -0.39 is 0 Å². The summed E-state index contributed by atoms with van der Waals surface area (Å²) in [6.45, 7) is 2.26. The van der Waals surface area contributed by atoms with Gasteiger partial charge in [-0.15, -0.1) is 5.73 Å². The van der Waals surface area contributed by atoms with Crippen LogP contribution in [0.4, 0.5) is 0 Å². The van der Waals surface area contributed by atoms with E-state index in [1.807, 2.05) is 0 Å². The van der Waals surface area contributed by atoms with Gasteiger partial charge in [0.25, 0.3) is 0 Å². The molecule has 0 aromatic rings. The van der Waals surface area contributed by atoms with Gasteiger partial charge in [0.15, 0.2) is 0 Å². The van der Waals surface area contributed by atoms with E-state index in [9.17, 15) is 0 Å². The Morgan fingerprint density at radius 1 is 1.45 bits per heavy atom. The predicted molar refractivity (Wildman–Crippen MR) is 44.8 cm³/mol. The number of hydrazine groups is 1. The van der Waals surface area contributed by atoms with Crippen LogP contribution in [0.1, 0.15) is 25.7 Å². The van der Waals surface area contributed by atoms with E-state index in [0.29, 0.717) is 0 Å². The molecule has 2 heteroatoms. The quantitative estimate of drug-likeness (QED) is 0.525. The molecular weight excluding hydrogens is 136 g/mol. The van der Waals surface area contributed by atoms with E-state index in [2.05, 4.69) is 22.2 Å². The lowest BCUT2D eigenvalue weighted by Crippen LogP contribution is -2.37. The van der Waals surface area contributed by atoms with E-state index in [1.165, 1.54) is 25.0 Å². The van der Waals surface area contributed by atoms with Gasteiger partial charge in [-0.25, -0.2) is 5.43 Å².